The zero-order valence-electron chi connectivity index (χ0n) is 10.6. The van der Waals surface area contributed by atoms with Gasteiger partial charge in [-0.05, 0) is 44.4 Å². The zero-order chi connectivity index (χ0) is 12.4. The van der Waals surface area contributed by atoms with Crippen LogP contribution in [0.1, 0.15) is 25.7 Å². The minimum absolute atomic E-state index is 0.580. The second kappa shape index (κ2) is 4.98. The molecular formula is C14H20N4. The molecule has 0 radical (unpaired) electrons. The Bertz CT molecular complexity index is 517. The van der Waals surface area contributed by atoms with Gasteiger partial charge < -0.3 is 10.6 Å². The number of fused-ring (bicyclic) bond motifs is 1. The van der Waals surface area contributed by atoms with Crippen LogP contribution in [0.4, 0.5) is 5.82 Å². The SMILES string of the molecule is NCCC1CCCCN1c1cccc2nccn12. The van der Waals surface area contributed by atoms with E-state index in [0.29, 0.717) is 6.04 Å². The molecule has 0 aliphatic carbocycles. The summed E-state index contributed by atoms with van der Waals surface area (Å²) >= 11 is 0. The van der Waals surface area contributed by atoms with Crippen molar-refractivity contribution in [2.24, 2.45) is 5.73 Å². The summed E-state index contributed by atoms with van der Waals surface area (Å²) in [5, 5.41) is 0. The second-order valence-corrected chi connectivity index (χ2v) is 4.96. The Morgan fingerprint density at radius 3 is 3.17 bits per heavy atom. The molecule has 1 aliphatic rings. The van der Waals surface area contributed by atoms with Crippen LogP contribution in [0.3, 0.4) is 0 Å². The molecule has 0 bridgehead atoms. The third kappa shape index (κ3) is 1.97. The van der Waals surface area contributed by atoms with Gasteiger partial charge in [0.1, 0.15) is 11.5 Å². The van der Waals surface area contributed by atoms with Crippen LogP contribution < -0.4 is 10.6 Å². The molecule has 1 fully saturated rings. The maximum atomic E-state index is 5.75. The molecule has 4 nitrogen and oxygen atoms in total. The Balaban J connectivity index is 1.98. The quantitative estimate of drug-likeness (QED) is 0.898. The fraction of sp³-hybridized carbons (Fsp3) is 0.500. The highest BCUT2D eigenvalue weighted by Crippen LogP contribution is 2.26. The molecule has 4 heteroatoms. The summed E-state index contributed by atoms with van der Waals surface area (Å²) in [6.07, 6.45) is 8.82. The molecule has 3 heterocycles. The van der Waals surface area contributed by atoms with E-state index in [1.807, 2.05) is 18.5 Å². The predicted octanol–water partition coefficient (Wildman–Crippen LogP) is 2.04. The average Bonchev–Trinajstić information content (AvgIpc) is 2.88. The molecule has 0 saturated carbocycles. The molecule has 3 rings (SSSR count). The molecule has 1 atom stereocenters. The first-order chi connectivity index (χ1) is 8.90. The monoisotopic (exact) mass is 244 g/mol. The summed E-state index contributed by atoms with van der Waals surface area (Å²) in [5.41, 5.74) is 6.76. The first-order valence-corrected chi connectivity index (χ1v) is 6.79. The Hall–Kier alpha value is -1.55. The van der Waals surface area contributed by atoms with Crippen LogP contribution in [0.5, 0.6) is 0 Å². The first-order valence-electron chi connectivity index (χ1n) is 6.79. The van der Waals surface area contributed by atoms with E-state index in [4.69, 9.17) is 5.73 Å². The van der Waals surface area contributed by atoms with Gasteiger partial charge in [0.2, 0.25) is 0 Å². The molecule has 2 aromatic rings. The van der Waals surface area contributed by atoms with Gasteiger partial charge in [0.25, 0.3) is 0 Å². The Labute approximate surface area is 107 Å². The minimum atomic E-state index is 0.580. The molecule has 0 amide bonds. The number of hydrogen-bond acceptors (Lipinski definition) is 3. The predicted molar refractivity (Wildman–Crippen MR) is 73.8 cm³/mol. The van der Waals surface area contributed by atoms with Gasteiger partial charge in [-0.2, -0.15) is 0 Å². The molecule has 18 heavy (non-hydrogen) atoms. The van der Waals surface area contributed by atoms with Crippen LogP contribution in [-0.4, -0.2) is 28.5 Å². The van der Waals surface area contributed by atoms with Crippen LogP contribution in [0.15, 0.2) is 30.6 Å². The summed E-state index contributed by atoms with van der Waals surface area (Å²) in [7, 11) is 0. The van der Waals surface area contributed by atoms with Crippen molar-refractivity contribution >= 4 is 11.5 Å². The summed E-state index contributed by atoms with van der Waals surface area (Å²) in [5.74, 6) is 1.25. The Morgan fingerprint density at radius 2 is 2.28 bits per heavy atom. The number of anilines is 1. The maximum absolute atomic E-state index is 5.75. The van der Waals surface area contributed by atoms with E-state index in [1.165, 1.54) is 25.1 Å². The van der Waals surface area contributed by atoms with Gasteiger partial charge in [0.15, 0.2) is 0 Å². The Morgan fingerprint density at radius 1 is 1.33 bits per heavy atom. The van der Waals surface area contributed by atoms with Gasteiger partial charge in [0, 0.05) is 25.0 Å². The van der Waals surface area contributed by atoms with Gasteiger partial charge in [-0.3, -0.25) is 4.40 Å². The van der Waals surface area contributed by atoms with Crippen LogP contribution >= 0.6 is 0 Å². The van der Waals surface area contributed by atoms with E-state index in [0.717, 1.165) is 25.2 Å². The third-order valence-electron chi connectivity index (χ3n) is 3.83. The van der Waals surface area contributed by atoms with Gasteiger partial charge in [-0.25, -0.2) is 4.98 Å². The highest BCUT2D eigenvalue weighted by atomic mass is 15.3. The largest absolute Gasteiger partial charge is 0.355 e. The van der Waals surface area contributed by atoms with E-state index in [2.05, 4.69) is 26.4 Å². The highest BCUT2D eigenvalue weighted by Gasteiger charge is 2.23. The summed E-state index contributed by atoms with van der Waals surface area (Å²) in [6, 6.07) is 6.90. The van der Waals surface area contributed by atoms with Gasteiger partial charge in [0.05, 0.1) is 0 Å². The van der Waals surface area contributed by atoms with Gasteiger partial charge in [-0.15, -0.1) is 0 Å². The zero-order valence-corrected chi connectivity index (χ0v) is 10.6. The summed E-state index contributed by atoms with van der Waals surface area (Å²) in [6.45, 7) is 1.89. The molecule has 0 spiro atoms. The van der Waals surface area contributed by atoms with Gasteiger partial charge >= 0.3 is 0 Å². The minimum Gasteiger partial charge on any atom is -0.355 e. The van der Waals surface area contributed by atoms with Crippen molar-refractivity contribution in [2.45, 2.75) is 31.7 Å². The summed E-state index contributed by atoms with van der Waals surface area (Å²) < 4.78 is 2.18. The number of hydrogen-bond donors (Lipinski definition) is 1. The van der Waals surface area contributed by atoms with E-state index in [1.54, 1.807) is 0 Å². The molecule has 2 N–H and O–H groups in total. The van der Waals surface area contributed by atoms with Crippen molar-refractivity contribution in [1.29, 1.82) is 0 Å². The smallest absolute Gasteiger partial charge is 0.138 e. The van der Waals surface area contributed by atoms with Crippen molar-refractivity contribution in [3.8, 4) is 0 Å². The lowest BCUT2D eigenvalue weighted by Gasteiger charge is -2.37. The highest BCUT2D eigenvalue weighted by molar-refractivity contribution is 5.52. The molecule has 1 unspecified atom stereocenters. The number of nitrogens with two attached hydrogens (primary N) is 1. The van der Waals surface area contributed by atoms with Crippen molar-refractivity contribution < 1.29 is 0 Å². The number of aromatic nitrogens is 2. The fourth-order valence-electron chi connectivity index (χ4n) is 2.96. The lowest BCUT2D eigenvalue weighted by Crippen LogP contribution is -2.41. The van der Waals surface area contributed by atoms with E-state index in [-0.39, 0.29) is 0 Å². The Kier molecular flexibility index (Phi) is 3.19. The molecule has 96 valence electrons. The first kappa shape index (κ1) is 11.5. The number of imidazole rings is 1. The van der Waals surface area contributed by atoms with E-state index < -0.39 is 0 Å². The van der Waals surface area contributed by atoms with Crippen LogP contribution in [-0.2, 0) is 0 Å². The van der Waals surface area contributed by atoms with Crippen molar-refractivity contribution in [1.82, 2.24) is 9.38 Å². The lowest BCUT2D eigenvalue weighted by molar-refractivity contribution is 0.438. The molecule has 1 saturated heterocycles. The van der Waals surface area contributed by atoms with Gasteiger partial charge in [-0.1, -0.05) is 6.07 Å². The van der Waals surface area contributed by atoms with E-state index in [9.17, 15) is 0 Å². The van der Waals surface area contributed by atoms with Crippen molar-refractivity contribution in [3.63, 3.8) is 0 Å². The van der Waals surface area contributed by atoms with Crippen molar-refractivity contribution in [2.75, 3.05) is 18.0 Å². The molecular weight excluding hydrogens is 224 g/mol. The standard InChI is InChI=1S/C14H20N4/c15-8-7-12-4-1-2-10-17(12)14-6-3-5-13-16-9-11-18(13)14/h3,5-6,9,11-12H,1-2,4,7-8,10,15H2. The lowest BCUT2D eigenvalue weighted by atomic mass is 9.99. The van der Waals surface area contributed by atoms with Crippen molar-refractivity contribution in [3.05, 3.63) is 30.6 Å². The average molecular weight is 244 g/mol. The number of pyridine rings is 1. The number of nitrogens with zero attached hydrogens (tertiary/aromatic N) is 3. The van der Waals surface area contributed by atoms with Crippen LogP contribution in [0, 0.1) is 0 Å². The third-order valence-corrected chi connectivity index (χ3v) is 3.83. The van der Waals surface area contributed by atoms with Crippen LogP contribution in [0.25, 0.3) is 5.65 Å². The normalized spacial score (nSPS) is 20.5. The molecule has 1 aliphatic heterocycles. The molecule has 2 aromatic heterocycles. The van der Waals surface area contributed by atoms with Crippen LogP contribution in [0.2, 0.25) is 0 Å². The fourth-order valence-corrected chi connectivity index (χ4v) is 2.96. The summed E-state index contributed by atoms with van der Waals surface area (Å²) in [4.78, 5) is 6.86. The maximum Gasteiger partial charge on any atom is 0.138 e. The number of rotatable bonds is 3. The number of piperidine rings is 1. The second-order valence-electron chi connectivity index (χ2n) is 4.96. The van der Waals surface area contributed by atoms with E-state index >= 15 is 0 Å². The topological polar surface area (TPSA) is 46.6 Å². The molecule has 0 aromatic carbocycles.